The first-order chi connectivity index (χ1) is 7.77. The van der Waals surface area contributed by atoms with Crippen LogP contribution in [0.2, 0.25) is 0 Å². The summed E-state index contributed by atoms with van der Waals surface area (Å²) in [6.07, 6.45) is 1.68. The van der Waals surface area contributed by atoms with E-state index in [9.17, 15) is 10.1 Å². The molecule has 16 heavy (non-hydrogen) atoms. The predicted molar refractivity (Wildman–Crippen MR) is 60.3 cm³/mol. The number of H-pyrrole nitrogens is 1. The Morgan fingerprint density at radius 3 is 2.69 bits per heavy atom. The second-order valence-corrected chi connectivity index (χ2v) is 3.53. The summed E-state index contributed by atoms with van der Waals surface area (Å²) < 4.78 is 0. The van der Waals surface area contributed by atoms with Gasteiger partial charge in [-0.25, -0.2) is 0 Å². The van der Waals surface area contributed by atoms with Crippen LogP contribution in [-0.4, -0.2) is 15.1 Å². The molecule has 0 unspecified atom stereocenters. The number of fused-ring (bicyclic) bond motifs is 3. The molecule has 5 nitrogen and oxygen atoms in total. The van der Waals surface area contributed by atoms with E-state index in [2.05, 4.69) is 10.2 Å². The SMILES string of the molecule is O=[N+]([O-])c1cc2[nH]ncc2c2ccccc12. The van der Waals surface area contributed by atoms with Crippen LogP contribution in [0.25, 0.3) is 21.7 Å². The van der Waals surface area contributed by atoms with Gasteiger partial charge in [-0.3, -0.25) is 15.2 Å². The molecule has 1 N–H and O–H groups in total. The first-order valence-electron chi connectivity index (χ1n) is 4.76. The van der Waals surface area contributed by atoms with E-state index in [1.54, 1.807) is 18.3 Å². The summed E-state index contributed by atoms with van der Waals surface area (Å²) in [4.78, 5) is 10.6. The molecule has 1 heterocycles. The zero-order valence-corrected chi connectivity index (χ0v) is 8.18. The number of nitro benzene ring substituents is 1. The van der Waals surface area contributed by atoms with Crippen LogP contribution < -0.4 is 0 Å². The van der Waals surface area contributed by atoms with E-state index >= 15 is 0 Å². The fourth-order valence-electron chi connectivity index (χ4n) is 1.93. The van der Waals surface area contributed by atoms with E-state index in [4.69, 9.17) is 0 Å². The van der Waals surface area contributed by atoms with Crippen LogP contribution in [-0.2, 0) is 0 Å². The topological polar surface area (TPSA) is 71.8 Å². The van der Waals surface area contributed by atoms with Crippen molar-refractivity contribution in [2.24, 2.45) is 0 Å². The smallest absolute Gasteiger partial charge is 0.278 e. The van der Waals surface area contributed by atoms with Crippen molar-refractivity contribution in [1.29, 1.82) is 0 Å². The lowest BCUT2D eigenvalue weighted by atomic mass is 10.1. The van der Waals surface area contributed by atoms with Gasteiger partial charge in [-0.05, 0) is 11.5 Å². The molecule has 2 aromatic carbocycles. The molecule has 0 aliphatic carbocycles. The van der Waals surface area contributed by atoms with Crippen molar-refractivity contribution in [2.45, 2.75) is 0 Å². The first kappa shape index (κ1) is 8.84. The van der Waals surface area contributed by atoms with Crippen molar-refractivity contribution in [1.82, 2.24) is 10.2 Å². The van der Waals surface area contributed by atoms with Crippen LogP contribution in [0.5, 0.6) is 0 Å². The Kier molecular flexibility index (Phi) is 1.67. The lowest BCUT2D eigenvalue weighted by Gasteiger charge is -2.00. The number of aromatic amines is 1. The average molecular weight is 213 g/mol. The highest BCUT2D eigenvalue weighted by Gasteiger charge is 2.15. The standard InChI is InChI=1S/C11H7N3O2/c15-14(16)11-5-10-9(6-12-13-10)7-3-1-2-4-8(7)11/h1-6H,(H,12,13). The molecule has 0 saturated carbocycles. The summed E-state index contributed by atoms with van der Waals surface area (Å²) >= 11 is 0. The van der Waals surface area contributed by atoms with E-state index in [-0.39, 0.29) is 10.6 Å². The molecule has 0 bridgehead atoms. The number of aromatic nitrogens is 2. The Hall–Kier alpha value is -2.43. The van der Waals surface area contributed by atoms with Gasteiger partial charge < -0.3 is 0 Å². The second kappa shape index (κ2) is 3.03. The quantitative estimate of drug-likeness (QED) is 0.498. The van der Waals surface area contributed by atoms with E-state index < -0.39 is 0 Å². The van der Waals surface area contributed by atoms with E-state index in [1.165, 1.54) is 6.07 Å². The monoisotopic (exact) mass is 213 g/mol. The summed E-state index contributed by atoms with van der Waals surface area (Å²) in [5.74, 6) is 0. The lowest BCUT2D eigenvalue weighted by Crippen LogP contribution is -1.89. The maximum atomic E-state index is 11.0. The van der Waals surface area contributed by atoms with Gasteiger partial charge in [0.2, 0.25) is 0 Å². The first-order valence-corrected chi connectivity index (χ1v) is 4.76. The molecule has 1 aromatic heterocycles. The van der Waals surface area contributed by atoms with Crippen LogP contribution in [0.3, 0.4) is 0 Å². The van der Waals surface area contributed by atoms with Gasteiger partial charge in [-0.15, -0.1) is 0 Å². The van der Waals surface area contributed by atoms with Gasteiger partial charge >= 0.3 is 0 Å². The Morgan fingerprint density at radius 1 is 1.19 bits per heavy atom. The van der Waals surface area contributed by atoms with Crippen LogP contribution >= 0.6 is 0 Å². The fraction of sp³-hybridized carbons (Fsp3) is 0. The molecule has 5 heteroatoms. The number of non-ortho nitro benzene ring substituents is 1. The molecule has 0 spiro atoms. The molecule has 0 fully saturated rings. The van der Waals surface area contributed by atoms with E-state index in [0.29, 0.717) is 10.9 Å². The summed E-state index contributed by atoms with van der Waals surface area (Å²) in [7, 11) is 0. The van der Waals surface area contributed by atoms with Crippen LogP contribution in [0.4, 0.5) is 5.69 Å². The molecule has 0 atom stereocenters. The zero-order chi connectivity index (χ0) is 11.1. The summed E-state index contributed by atoms with van der Waals surface area (Å²) in [6, 6.07) is 8.78. The second-order valence-electron chi connectivity index (χ2n) is 3.53. The Morgan fingerprint density at radius 2 is 1.94 bits per heavy atom. The molecular weight excluding hydrogens is 206 g/mol. The molecule has 3 aromatic rings. The van der Waals surface area contributed by atoms with Crippen LogP contribution in [0, 0.1) is 10.1 Å². The van der Waals surface area contributed by atoms with Crippen molar-refractivity contribution >= 4 is 27.4 Å². The minimum Gasteiger partial charge on any atom is -0.278 e. The predicted octanol–water partition coefficient (Wildman–Crippen LogP) is 2.62. The minimum atomic E-state index is -0.372. The fourth-order valence-corrected chi connectivity index (χ4v) is 1.93. The van der Waals surface area contributed by atoms with Gasteiger partial charge in [-0.1, -0.05) is 18.2 Å². The number of hydrogen-bond donors (Lipinski definition) is 1. The summed E-state index contributed by atoms with van der Waals surface area (Å²) in [6.45, 7) is 0. The molecule has 3 rings (SSSR count). The molecule has 0 saturated heterocycles. The van der Waals surface area contributed by atoms with Gasteiger partial charge in [0.1, 0.15) is 0 Å². The summed E-state index contributed by atoms with van der Waals surface area (Å²) in [5, 5.41) is 20.0. The van der Waals surface area contributed by atoms with E-state index in [0.717, 1.165) is 10.8 Å². The molecule has 0 aliphatic heterocycles. The molecule has 78 valence electrons. The van der Waals surface area contributed by atoms with Crippen molar-refractivity contribution < 1.29 is 4.92 Å². The number of nitrogens with one attached hydrogen (secondary N) is 1. The zero-order valence-electron chi connectivity index (χ0n) is 8.18. The normalized spacial score (nSPS) is 11.0. The molecule has 0 radical (unpaired) electrons. The Balaban J connectivity index is 2.60. The highest BCUT2D eigenvalue weighted by molar-refractivity contribution is 6.10. The van der Waals surface area contributed by atoms with Crippen LogP contribution in [0.1, 0.15) is 0 Å². The number of rotatable bonds is 1. The van der Waals surface area contributed by atoms with Gasteiger partial charge in [0, 0.05) is 11.5 Å². The number of hydrogen-bond acceptors (Lipinski definition) is 3. The van der Waals surface area contributed by atoms with Crippen molar-refractivity contribution in [3.63, 3.8) is 0 Å². The number of nitrogens with zero attached hydrogens (tertiary/aromatic N) is 2. The van der Waals surface area contributed by atoms with Crippen molar-refractivity contribution in [3.05, 3.63) is 46.6 Å². The third-order valence-corrected chi connectivity index (χ3v) is 2.64. The number of benzene rings is 2. The largest absolute Gasteiger partial charge is 0.279 e. The number of nitro groups is 1. The van der Waals surface area contributed by atoms with Gasteiger partial charge in [0.05, 0.1) is 22.0 Å². The van der Waals surface area contributed by atoms with E-state index in [1.807, 2.05) is 12.1 Å². The van der Waals surface area contributed by atoms with Crippen LogP contribution in [0.15, 0.2) is 36.5 Å². The highest BCUT2D eigenvalue weighted by Crippen LogP contribution is 2.31. The molecule has 0 aliphatic rings. The lowest BCUT2D eigenvalue weighted by molar-refractivity contribution is -0.382. The highest BCUT2D eigenvalue weighted by atomic mass is 16.6. The average Bonchev–Trinajstić information content (AvgIpc) is 2.75. The summed E-state index contributed by atoms with van der Waals surface area (Å²) in [5.41, 5.74) is 0.790. The Bertz CT molecular complexity index is 703. The van der Waals surface area contributed by atoms with Gasteiger partial charge in [0.15, 0.2) is 0 Å². The minimum absolute atomic E-state index is 0.104. The maximum absolute atomic E-state index is 11.0. The van der Waals surface area contributed by atoms with Crippen molar-refractivity contribution in [2.75, 3.05) is 0 Å². The Labute approximate surface area is 89.8 Å². The van der Waals surface area contributed by atoms with Gasteiger partial charge in [-0.2, -0.15) is 5.10 Å². The van der Waals surface area contributed by atoms with Gasteiger partial charge in [0.25, 0.3) is 5.69 Å². The third-order valence-electron chi connectivity index (χ3n) is 2.64. The van der Waals surface area contributed by atoms with Crippen molar-refractivity contribution in [3.8, 4) is 0 Å². The maximum Gasteiger partial charge on any atom is 0.279 e. The molecule has 0 amide bonds. The third kappa shape index (κ3) is 1.08. The molecular formula is C11H7N3O2.